The lowest BCUT2D eigenvalue weighted by Crippen LogP contribution is -2.13. The molecule has 1 aliphatic rings. The number of hydrogen-bond acceptors (Lipinski definition) is 5. The average molecular weight is 301 g/mol. The Kier molecular flexibility index (Phi) is 5.45. The van der Waals surface area contributed by atoms with Gasteiger partial charge in [-0.15, -0.1) is 11.6 Å². The van der Waals surface area contributed by atoms with Crippen LogP contribution in [0.5, 0.6) is 0 Å². The molecule has 0 aliphatic carbocycles. The molecule has 1 aromatic heterocycles. The summed E-state index contributed by atoms with van der Waals surface area (Å²) in [6.07, 6.45) is 5.10. The summed E-state index contributed by atoms with van der Waals surface area (Å²) in [4.78, 5) is 20.5. The van der Waals surface area contributed by atoms with Gasteiger partial charge in [0.2, 0.25) is 0 Å². The molecule has 1 saturated heterocycles. The fourth-order valence-electron chi connectivity index (χ4n) is 2.01. The Hall–Kier alpha value is -0.810. The summed E-state index contributed by atoms with van der Waals surface area (Å²) < 4.78 is 4.97. The third-order valence-electron chi connectivity index (χ3n) is 2.98. The van der Waals surface area contributed by atoms with E-state index in [1.165, 1.54) is 12.8 Å². The third-order valence-corrected chi connectivity index (χ3v) is 4.60. The van der Waals surface area contributed by atoms with E-state index in [0.717, 1.165) is 18.0 Å². The van der Waals surface area contributed by atoms with Crippen LogP contribution < -0.4 is 0 Å². The molecule has 0 radical (unpaired) electrons. The lowest BCUT2D eigenvalue weighted by Gasteiger charge is -2.20. The number of thioether (sulfide) groups is 1. The van der Waals surface area contributed by atoms with E-state index in [1.54, 1.807) is 13.1 Å². The fourth-order valence-corrected chi connectivity index (χ4v) is 3.47. The van der Waals surface area contributed by atoms with E-state index in [0.29, 0.717) is 23.1 Å². The fraction of sp³-hybridized carbons (Fsp3) is 0.615. The number of rotatable bonds is 4. The van der Waals surface area contributed by atoms with E-state index in [1.807, 2.05) is 11.8 Å². The first-order valence-electron chi connectivity index (χ1n) is 6.46. The highest BCUT2D eigenvalue weighted by Crippen LogP contribution is 2.36. The zero-order valence-corrected chi connectivity index (χ0v) is 12.5. The van der Waals surface area contributed by atoms with E-state index in [9.17, 15) is 4.79 Å². The molecule has 1 aromatic rings. The molecule has 0 bridgehead atoms. The summed E-state index contributed by atoms with van der Waals surface area (Å²) in [6, 6.07) is 0. The number of halogens is 1. The molecule has 1 unspecified atom stereocenters. The van der Waals surface area contributed by atoms with Gasteiger partial charge in [0.05, 0.1) is 23.4 Å². The highest BCUT2D eigenvalue weighted by molar-refractivity contribution is 7.99. The van der Waals surface area contributed by atoms with Gasteiger partial charge in [0, 0.05) is 6.20 Å². The Bertz CT molecular complexity index is 450. The van der Waals surface area contributed by atoms with Crippen LogP contribution in [-0.2, 0) is 10.6 Å². The first-order chi connectivity index (χ1) is 9.26. The van der Waals surface area contributed by atoms with E-state index >= 15 is 0 Å². The molecular weight excluding hydrogens is 284 g/mol. The molecule has 1 fully saturated rings. The Morgan fingerprint density at radius 2 is 2.42 bits per heavy atom. The maximum atomic E-state index is 11.7. The Morgan fingerprint density at radius 1 is 1.58 bits per heavy atom. The standard InChI is InChI=1S/C13H17ClN2O2S/c1-2-18-13(17)9-8-15-12(16-10(9)7-14)11-5-3-4-6-19-11/h8,11H,2-7H2,1H3. The van der Waals surface area contributed by atoms with Gasteiger partial charge in [-0.25, -0.2) is 14.8 Å². The number of esters is 1. The monoisotopic (exact) mass is 300 g/mol. The summed E-state index contributed by atoms with van der Waals surface area (Å²) in [5, 5.41) is 0.326. The van der Waals surface area contributed by atoms with Crippen molar-refractivity contribution in [3.8, 4) is 0 Å². The van der Waals surface area contributed by atoms with Crippen molar-refractivity contribution in [2.45, 2.75) is 37.3 Å². The lowest BCUT2D eigenvalue weighted by atomic mass is 10.1. The summed E-state index contributed by atoms with van der Waals surface area (Å²) in [5.41, 5.74) is 0.942. The maximum absolute atomic E-state index is 11.7. The van der Waals surface area contributed by atoms with Crippen molar-refractivity contribution in [3.05, 3.63) is 23.3 Å². The van der Waals surface area contributed by atoms with Gasteiger partial charge in [-0.05, 0) is 25.5 Å². The van der Waals surface area contributed by atoms with Crippen LogP contribution in [0.4, 0.5) is 0 Å². The summed E-state index contributed by atoms with van der Waals surface area (Å²) in [7, 11) is 0. The minimum atomic E-state index is -0.402. The van der Waals surface area contributed by atoms with Gasteiger partial charge < -0.3 is 4.74 Å². The second-order valence-electron chi connectivity index (χ2n) is 4.30. The van der Waals surface area contributed by atoms with Crippen molar-refractivity contribution in [3.63, 3.8) is 0 Å². The Morgan fingerprint density at radius 3 is 3.05 bits per heavy atom. The molecular formula is C13H17ClN2O2S. The quantitative estimate of drug-likeness (QED) is 0.630. The van der Waals surface area contributed by atoms with Crippen LogP contribution in [0.3, 0.4) is 0 Å². The van der Waals surface area contributed by atoms with Crippen LogP contribution >= 0.6 is 23.4 Å². The van der Waals surface area contributed by atoms with Gasteiger partial charge in [0.1, 0.15) is 11.4 Å². The van der Waals surface area contributed by atoms with Gasteiger partial charge in [0.25, 0.3) is 0 Å². The van der Waals surface area contributed by atoms with E-state index in [-0.39, 0.29) is 5.88 Å². The van der Waals surface area contributed by atoms with Crippen LogP contribution in [0.25, 0.3) is 0 Å². The normalized spacial score (nSPS) is 19.2. The van der Waals surface area contributed by atoms with Crippen LogP contribution in [0.15, 0.2) is 6.20 Å². The van der Waals surface area contributed by atoms with Crippen molar-refractivity contribution in [2.75, 3.05) is 12.4 Å². The number of alkyl halides is 1. The predicted molar refractivity (Wildman–Crippen MR) is 76.6 cm³/mol. The molecule has 1 atom stereocenters. The first kappa shape index (κ1) is 14.6. The van der Waals surface area contributed by atoms with Crippen molar-refractivity contribution in [1.29, 1.82) is 0 Å². The highest BCUT2D eigenvalue weighted by Gasteiger charge is 2.21. The van der Waals surface area contributed by atoms with Gasteiger partial charge in [-0.2, -0.15) is 11.8 Å². The summed E-state index contributed by atoms with van der Waals surface area (Å²) in [5.74, 6) is 1.72. The minimum absolute atomic E-state index is 0.195. The van der Waals surface area contributed by atoms with Gasteiger partial charge in [-0.3, -0.25) is 0 Å². The largest absolute Gasteiger partial charge is 0.462 e. The number of hydrogen-bond donors (Lipinski definition) is 0. The molecule has 0 N–H and O–H groups in total. The molecule has 0 amide bonds. The lowest BCUT2D eigenvalue weighted by molar-refractivity contribution is 0.0524. The molecule has 1 aliphatic heterocycles. The predicted octanol–water partition coefficient (Wildman–Crippen LogP) is 3.35. The highest BCUT2D eigenvalue weighted by atomic mass is 35.5. The zero-order valence-electron chi connectivity index (χ0n) is 10.9. The van der Waals surface area contributed by atoms with Crippen LogP contribution in [0.1, 0.15) is 53.3 Å². The van der Waals surface area contributed by atoms with Crippen LogP contribution in [-0.4, -0.2) is 28.3 Å². The van der Waals surface area contributed by atoms with E-state index in [2.05, 4.69) is 9.97 Å². The molecule has 0 saturated carbocycles. The van der Waals surface area contributed by atoms with Gasteiger partial charge in [0.15, 0.2) is 0 Å². The number of aromatic nitrogens is 2. The zero-order chi connectivity index (χ0) is 13.7. The van der Waals surface area contributed by atoms with Crippen LogP contribution in [0.2, 0.25) is 0 Å². The second kappa shape index (κ2) is 7.10. The molecule has 4 nitrogen and oxygen atoms in total. The van der Waals surface area contributed by atoms with E-state index in [4.69, 9.17) is 16.3 Å². The number of carbonyl (C=O) groups excluding carboxylic acids is 1. The second-order valence-corrected chi connectivity index (χ2v) is 5.88. The summed E-state index contributed by atoms with van der Waals surface area (Å²) in [6.45, 7) is 2.10. The Balaban J connectivity index is 2.22. The molecule has 104 valence electrons. The van der Waals surface area contributed by atoms with Crippen molar-refractivity contribution in [1.82, 2.24) is 9.97 Å². The molecule has 6 heteroatoms. The number of ether oxygens (including phenoxy) is 1. The van der Waals surface area contributed by atoms with Crippen molar-refractivity contribution >= 4 is 29.3 Å². The third kappa shape index (κ3) is 3.60. The molecule has 19 heavy (non-hydrogen) atoms. The maximum Gasteiger partial charge on any atom is 0.341 e. The average Bonchev–Trinajstić information content (AvgIpc) is 2.47. The summed E-state index contributed by atoms with van der Waals surface area (Å²) >= 11 is 7.76. The van der Waals surface area contributed by atoms with Crippen LogP contribution in [0, 0.1) is 0 Å². The number of nitrogens with zero attached hydrogens (tertiary/aromatic N) is 2. The van der Waals surface area contributed by atoms with E-state index < -0.39 is 5.97 Å². The van der Waals surface area contributed by atoms with Gasteiger partial charge >= 0.3 is 5.97 Å². The van der Waals surface area contributed by atoms with Gasteiger partial charge in [-0.1, -0.05) is 6.42 Å². The molecule has 0 aromatic carbocycles. The smallest absolute Gasteiger partial charge is 0.341 e. The Labute approximate surface area is 122 Å². The topological polar surface area (TPSA) is 52.1 Å². The SMILES string of the molecule is CCOC(=O)c1cnc(C2CCCCS2)nc1CCl. The minimum Gasteiger partial charge on any atom is -0.462 e. The van der Waals surface area contributed by atoms with Crippen molar-refractivity contribution in [2.24, 2.45) is 0 Å². The first-order valence-corrected chi connectivity index (χ1v) is 8.05. The number of carbonyl (C=O) groups is 1. The molecule has 2 rings (SSSR count). The molecule has 2 heterocycles. The molecule has 0 spiro atoms. The van der Waals surface area contributed by atoms with Crippen molar-refractivity contribution < 1.29 is 9.53 Å².